The third-order valence-electron chi connectivity index (χ3n) is 21.6. The number of hydrogen-bond acceptors (Lipinski definition) is 5. The molecular weight excluding hydrogens is 711 g/mol. The summed E-state index contributed by atoms with van der Waals surface area (Å²) in [5.41, 5.74) is 1.47. The zero-order valence-corrected chi connectivity index (χ0v) is 37.0. The maximum absolute atomic E-state index is 13.2. The van der Waals surface area contributed by atoms with Crippen LogP contribution < -0.4 is 0 Å². The Labute approximate surface area is 346 Å². The fourth-order valence-electron chi connectivity index (χ4n) is 18.7. The molecule has 8 aliphatic carbocycles. The first-order valence-corrected chi connectivity index (χ1v) is 24.6. The second kappa shape index (κ2) is 15.6. The minimum Gasteiger partial charge on any atom is -0.474 e. The van der Waals surface area contributed by atoms with Gasteiger partial charge in [-0.1, -0.05) is 67.2 Å². The van der Waals surface area contributed by atoms with Gasteiger partial charge in [-0.3, -0.25) is 9.69 Å². The smallest absolute Gasteiger partial charge is 0.394 e. The van der Waals surface area contributed by atoms with Crippen LogP contribution in [0.5, 0.6) is 0 Å². The molecule has 4 N–H and O–H groups in total. The fourth-order valence-corrected chi connectivity index (χ4v) is 18.7. The third kappa shape index (κ3) is 6.91. The maximum Gasteiger partial charge on any atom is 0.394 e. The number of rotatable bonds is 10. The molecule has 0 saturated heterocycles. The number of carboxylic acids is 1. The lowest BCUT2D eigenvalue weighted by molar-refractivity contribution is -0.305. The van der Waals surface area contributed by atoms with Gasteiger partial charge in [-0.25, -0.2) is 4.79 Å². The summed E-state index contributed by atoms with van der Waals surface area (Å²) in [6.07, 6.45) is 26.4. The topological polar surface area (TPSA) is 118 Å². The number of carbonyl (C=O) groups is 2. The molecule has 1 amide bonds. The van der Waals surface area contributed by atoms with Gasteiger partial charge in [-0.05, 0) is 215 Å². The van der Waals surface area contributed by atoms with E-state index in [0.717, 1.165) is 54.3 Å². The summed E-state index contributed by atoms with van der Waals surface area (Å²) in [4.78, 5) is 25.9. The highest BCUT2D eigenvalue weighted by Crippen LogP contribution is 2.70. The zero-order chi connectivity index (χ0) is 40.7. The molecule has 3 unspecified atom stereocenters. The molecule has 7 heteroatoms. The van der Waals surface area contributed by atoms with Crippen molar-refractivity contribution in [3.63, 3.8) is 0 Å². The molecule has 0 heterocycles. The molecule has 0 aromatic carbocycles. The monoisotopic (exact) mass is 794 g/mol. The van der Waals surface area contributed by atoms with Crippen LogP contribution in [0.25, 0.3) is 0 Å². The average molecular weight is 794 g/mol. The Kier molecular flexibility index (Phi) is 11.7. The van der Waals surface area contributed by atoms with Crippen LogP contribution in [-0.2, 0) is 9.59 Å². The number of aliphatic hydroxyl groups excluding tert-OH is 1. The van der Waals surface area contributed by atoms with Crippen molar-refractivity contribution in [3.05, 3.63) is 0 Å². The number of fused-ring (bicyclic) bond motifs is 10. The number of aliphatic hydroxyl groups is 3. The molecule has 8 rings (SSSR count). The SMILES string of the molecule is C[C@H](CCCN(C(=O)C(=O)O)C(O)(O)C(O)C[C@@H](C)[C@H]1CC[C@H]2[C@@H]3CCC4CCCC[C@]4(C)[C@H]3CC[C@]12C)[C@H]1CC[C@H]2[C@@H]3CCC4CCCC[C@]4(C)[C@H]3CC[C@]12C. The number of amides is 1. The fraction of sp³-hybridized carbons (Fsp3) is 0.960. The Morgan fingerprint density at radius 3 is 1.58 bits per heavy atom. The molecular formula is C50H83NO6. The molecule has 8 saturated carbocycles. The van der Waals surface area contributed by atoms with Crippen LogP contribution >= 0.6 is 0 Å². The van der Waals surface area contributed by atoms with Crippen molar-refractivity contribution in [1.82, 2.24) is 4.90 Å². The van der Waals surface area contributed by atoms with Crippen molar-refractivity contribution in [2.45, 2.75) is 201 Å². The summed E-state index contributed by atoms with van der Waals surface area (Å²) in [7, 11) is 0. The standard InChI is InChI=1S/C50H83NO6/c1-31(37-19-21-39-35-17-15-33-13-7-9-25-46(33,3)41(35)23-27-48(37,39)5)12-11-29-51(44(53)45(54)55)50(56,57)43(52)30-32(2)38-20-22-40-36-18-16-34-14-8-10-26-47(34,4)42(36)24-28-49(38,40)6/h31-43,52,56-57H,7-30H2,1-6H3,(H,54,55)/t31-,32-,33?,34?,35+,36+,37-,38-,39+,40+,41+,42+,43?,46+,47+,48-,49-/m1/s1. The van der Waals surface area contributed by atoms with Crippen LogP contribution in [0.15, 0.2) is 0 Å². The van der Waals surface area contributed by atoms with Crippen molar-refractivity contribution < 1.29 is 30.0 Å². The van der Waals surface area contributed by atoms with E-state index in [9.17, 15) is 30.0 Å². The molecule has 0 spiro atoms. The van der Waals surface area contributed by atoms with Crippen LogP contribution in [0.2, 0.25) is 0 Å². The molecule has 57 heavy (non-hydrogen) atoms. The van der Waals surface area contributed by atoms with Crippen LogP contribution in [0.3, 0.4) is 0 Å². The van der Waals surface area contributed by atoms with E-state index < -0.39 is 23.9 Å². The minimum absolute atomic E-state index is 0.00975. The van der Waals surface area contributed by atoms with Gasteiger partial charge in [-0.15, -0.1) is 0 Å². The van der Waals surface area contributed by atoms with Gasteiger partial charge in [0.1, 0.15) is 6.10 Å². The van der Waals surface area contributed by atoms with Crippen LogP contribution in [0.4, 0.5) is 0 Å². The normalized spacial score (nSPS) is 46.9. The van der Waals surface area contributed by atoms with Gasteiger partial charge in [-0.2, -0.15) is 0 Å². The first-order valence-electron chi connectivity index (χ1n) is 24.6. The number of hydrogen-bond donors (Lipinski definition) is 4. The Morgan fingerprint density at radius 2 is 1.09 bits per heavy atom. The molecule has 8 fully saturated rings. The number of carbonyl (C=O) groups excluding carboxylic acids is 1. The van der Waals surface area contributed by atoms with Crippen molar-refractivity contribution in [3.8, 4) is 0 Å². The van der Waals surface area contributed by atoms with Crippen molar-refractivity contribution in [2.24, 2.45) is 92.7 Å². The van der Waals surface area contributed by atoms with E-state index in [1.807, 2.05) is 0 Å². The van der Waals surface area contributed by atoms with Crippen molar-refractivity contribution in [1.29, 1.82) is 0 Å². The Balaban J connectivity index is 0.886. The zero-order valence-electron chi connectivity index (χ0n) is 37.0. The van der Waals surface area contributed by atoms with Crippen LogP contribution in [0, 0.1) is 92.7 Å². The number of aliphatic carboxylic acids is 1. The molecule has 8 aliphatic rings. The van der Waals surface area contributed by atoms with Gasteiger partial charge in [0.15, 0.2) is 0 Å². The van der Waals surface area contributed by atoms with Crippen LogP contribution in [-0.4, -0.2) is 55.8 Å². The summed E-state index contributed by atoms with van der Waals surface area (Å²) < 4.78 is 0. The predicted octanol–water partition coefficient (Wildman–Crippen LogP) is 10.4. The summed E-state index contributed by atoms with van der Waals surface area (Å²) >= 11 is 0. The second-order valence-corrected chi connectivity index (χ2v) is 23.6. The van der Waals surface area contributed by atoms with E-state index in [0.29, 0.717) is 51.2 Å². The lowest BCUT2D eigenvalue weighted by Crippen LogP contribution is -2.61. The molecule has 0 aromatic rings. The lowest BCUT2D eigenvalue weighted by atomic mass is 9.44. The Hall–Kier alpha value is -1.18. The first-order chi connectivity index (χ1) is 27.0. The van der Waals surface area contributed by atoms with Gasteiger partial charge in [0, 0.05) is 6.54 Å². The van der Waals surface area contributed by atoms with E-state index >= 15 is 0 Å². The number of nitrogens with zero attached hydrogens (tertiary/aromatic N) is 1. The van der Waals surface area contributed by atoms with Crippen molar-refractivity contribution >= 4 is 11.9 Å². The molecule has 0 aliphatic heterocycles. The molecule has 17 atom stereocenters. The summed E-state index contributed by atoms with van der Waals surface area (Å²) in [6.45, 7) is 14.7. The van der Waals surface area contributed by atoms with Gasteiger partial charge >= 0.3 is 11.9 Å². The molecule has 0 radical (unpaired) electrons. The quantitative estimate of drug-likeness (QED) is 0.129. The highest BCUT2D eigenvalue weighted by molar-refractivity contribution is 6.31. The van der Waals surface area contributed by atoms with E-state index in [1.165, 1.54) is 122 Å². The summed E-state index contributed by atoms with van der Waals surface area (Å²) in [5.74, 6) is 1.84. The van der Waals surface area contributed by atoms with Crippen molar-refractivity contribution in [2.75, 3.05) is 6.54 Å². The third-order valence-corrected chi connectivity index (χ3v) is 21.6. The molecule has 0 aromatic heterocycles. The van der Waals surface area contributed by atoms with E-state index in [-0.39, 0.29) is 24.3 Å². The maximum atomic E-state index is 13.2. The average Bonchev–Trinajstić information content (AvgIpc) is 3.72. The van der Waals surface area contributed by atoms with Gasteiger partial charge in [0.25, 0.3) is 5.91 Å². The second-order valence-electron chi connectivity index (χ2n) is 23.6. The largest absolute Gasteiger partial charge is 0.474 e. The summed E-state index contributed by atoms with van der Waals surface area (Å²) in [6, 6.07) is 0. The highest BCUT2D eigenvalue weighted by Gasteiger charge is 2.62. The lowest BCUT2D eigenvalue weighted by Gasteiger charge is -2.61. The van der Waals surface area contributed by atoms with Gasteiger partial charge < -0.3 is 20.4 Å². The van der Waals surface area contributed by atoms with E-state index in [1.54, 1.807) is 0 Å². The Bertz CT molecular complexity index is 1480. The predicted molar refractivity (Wildman–Crippen MR) is 224 cm³/mol. The summed E-state index contributed by atoms with van der Waals surface area (Å²) in [5, 5.41) is 44.6. The Morgan fingerprint density at radius 1 is 0.614 bits per heavy atom. The molecule has 7 nitrogen and oxygen atoms in total. The van der Waals surface area contributed by atoms with E-state index in [2.05, 4.69) is 41.5 Å². The van der Waals surface area contributed by atoms with Crippen LogP contribution in [0.1, 0.15) is 189 Å². The highest BCUT2D eigenvalue weighted by atomic mass is 16.6. The van der Waals surface area contributed by atoms with E-state index in [4.69, 9.17) is 0 Å². The minimum atomic E-state index is -2.95. The van der Waals surface area contributed by atoms with Gasteiger partial charge in [0.2, 0.25) is 0 Å². The van der Waals surface area contributed by atoms with Gasteiger partial charge in [0.05, 0.1) is 0 Å². The first kappa shape index (κ1) is 42.5. The molecule has 324 valence electrons. The molecule has 0 bridgehead atoms. The number of carboxylic acid groups (broad SMARTS) is 1.